The highest BCUT2D eigenvalue weighted by Gasteiger charge is 2.44. The van der Waals surface area contributed by atoms with E-state index in [0.29, 0.717) is 49.8 Å². The highest BCUT2D eigenvalue weighted by molar-refractivity contribution is 7.89. The van der Waals surface area contributed by atoms with Gasteiger partial charge in [0.15, 0.2) is 0 Å². The maximum absolute atomic E-state index is 13.0. The molecule has 0 aromatic heterocycles. The molecule has 1 atom stereocenters. The number of hydrogen-bond acceptors (Lipinski definition) is 7. The van der Waals surface area contributed by atoms with Crippen molar-refractivity contribution in [2.45, 2.75) is 54.0 Å². The number of sulfonamides is 2. The van der Waals surface area contributed by atoms with E-state index >= 15 is 0 Å². The van der Waals surface area contributed by atoms with Gasteiger partial charge in [-0.3, -0.25) is 0 Å². The Balaban J connectivity index is 1.19. The van der Waals surface area contributed by atoms with Gasteiger partial charge in [0.1, 0.15) is 5.75 Å². The number of benzene rings is 2. The van der Waals surface area contributed by atoms with Gasteiger partial charge in [-0.25, -0.2) is 21.6 Å². The zero-order chi connectivity index (χ0) is 25.8. The van der Waals surface area contributed by atoms with Gasteiger partial charge in [0.2, 0.25) is 20.0 Å². The van der Waals surface area contributed by atoms with Crippen molar-refractivity contribution in [2.75, 3.05) is 39.9 Å². The van der Waals surface area contributed by atoms with Crippen LogP contribution in [0.2, 0.25) is 0 Å². The smallest absolute Gasteiger partial charge is 0.243 e. The molecule has 198 valence electrons. The number of aryl methyl sites for hydroxylation is 1. The molecule has 11 heteroatoms. The summed E-state index contributed by atoms with van der Waals surface area (Å²) in [4.78, 5) is 0.523. The van der Waals surface area contributed by atoms with Crippen LogP contribution in [0, 0.1) is 6.92 Å². The molecule has 9 nitrogen and oxygen atoms in total. The molecule has 2 heterocycles. The van der Waals surface area contributed by atoms with Crippen LogP contribution in [0.25, 0.3) is 0 Å². The fraction of sp³-hybridized carbons (Fsp3) is 0.520. The summed E-state index contributed by atoms with van der Waals surface area (Å²) in [6.45, 7) is 4.62. The normalized spacial score (nSPS) is 20.6. The third-order valence-electron chi connectivity index (χ3n) is 6.88. The van der Waals surface area contributed by atoms with Gasteiger partial charge < -0.3 is 14.8 Å². The fourth-order valence-corrected chi connectivity index (χ4v) is 7.11. The Labute approximate surface area is 214 Å². The Kier molecular flexibility index (Phi) is 8.38. The van der Waals surface area contributed by atoms with Crippen molar-refractivity contribution in [3.05, 3.63) is 54.1 Å². The van der Waals surface area contributed by atoms with Crippen LogP contribution >= 0.6 is 0 Å². The van der Waals surface area contributed by atoms with E-state index in [4.69, 9.17) is 9.47 Å². The Bertz CT molecular complexity index is 1260. The molecule has 2 aromatic rings. The van der Waals surface area contributed by atoms with Crippen LogP contribution in [0.3, 0.4) is 0 Å². The number of piperidine rings is 1. The van der Waals surface area contributed by atoms with E-state index in [1.807, 2.05) is 13.0 Å². The fourth-order valence-electron chi connectivity index (χ4n) is 4.80. The molecule has 2 N–H and O–H groups in total. The predicted molar refractivity (Wildman–Crippen MR) is 137 cm³/mol. The lowest BCUT2D eigenvalue weighted by atomic mass is 9.88. The molecule has 36 heavy (non-hydrogen) atoms. The Hall–Kier alpha value is -2.02. The van der Waals surface area contributed by atoms with Gasteiger partial charge in [-0.1, -0.05) is 18.2 Å². The maximum Gasteiger partial charge on any atom is 0.243 e. The van der Waals surface area contributed by atoms with Crippen LogP contribution in [0.1, 0.15) is 31.2 Å². The minimum Gasteiger partial charge on any atom is -0.494 e. The second-order valence-corrected chi connectivity index (χ2v) is 13.3. The molecule has 4 rings (SSSR count). The predicted octanol–water partition coefficient (Wildman–Crippen LogP) is 2.27. The van der Waals surface area contributed by atoms with Crippen molar-refractivity contribution >= 4 is 20.0 Å². The van der Waals surface area contributed by atoms with E-state index in [1.165, 1.54) is 19.2 Å². The molecule has 0 unspecified atom stereocenters. The summed E-state index contributed by atoms with van der Waals surface area (Å²) in [7, 11) is -5.61. The quantitative estimate of drug-likeness (QED) is 0.447. The van der Waals surface area contributed by atoms with Gasteiger partial charge in [-0.05, 0) is 76.0 Å². The molecular formula is C25H35N3O6S2. The van der Waals surface area contributed by atoms with Crippen molar-refractivity contribution in [3.8, 4) is 5.75 Å². The Morgan fingerprint density at radius 2 is 1.78 bits per heavy atom. The third-order valence-corrected chi connectivity index (χ3v) is 10.2. The van der Waals surface area contributed by atoms with Crippen molar-refractivity contribution in [1.82, 2.24) is 14.3 Å². The van der Waals surface area contributed by atoms with Crippen molar-refractivity contribution in [3.63, 3.8) is 0 Å². The van der Waals surface area contributed by atoms with Gasteiger partial charge in [0, 0.05) is 25.2 Å². The SMILES string of the molecule is CNS(=O)(=O)c1cccc(OCCCN[C@H]2COC3(CCN(S(=O)(=O)c4cccc(C)c4)CC3)C2)c1. The number of hydrogen-bond donors (Lipinski definition) is 2. The lowest BCUT2D eigenvalue weighted by Gasteiger charge is -2.38. The maximum atomic E-state index is 13.0. The number of nitrogens with one attached hydrogen (secondary N) is 2. The summed E-state index contributed by atoms with van der Waals surface area (Å²) >= 11 is 0. The van der Waals surface area contributed by atoms with Gasteiger partial charge in [-0.15, -0.1) is 0 Å². The summed E-state index contributed by atoms with van der Waals surface area (Å²) in [6, 6.07) is 13.7. The number of rotatable bonds is 10. The van der Waals surface area contributed by atoms with Crippen LogP contribution < -0.4 is 14.8 Å². The van der Waals surface area contributed by atoms with Crippen LogP contribution in [0.15, 0.2) is 58.3 Å². The molecule has 2 aromatic carbocycles. The summed E-state index contributed by atoms with van der Waals surface area (Å²) in [5.74, 6) is 0.516. The second-order valence-electron chi connectivity index (χ2n) is 9.45. The first-order valence-electron chi connectivity index (χ1n) is 12.2. The molecule has 0 radical (unpaired) electrons. The van der Waals surface area contributed by atoms with E-state index in [0.717, 1.165) is 24.9 Å². The molecule has 0 aliphatic carbocycles. The molecule has 0 amide bonds. The van der Waals surface area contributed by atoms with E-state index in [1.54, 1.807) is 34.6 Å². The zero-order valence-corrected chi connectivity index (χ0v) is 22.4. The molecule has 2 saturated heterocycles. The van der Waals surface area contributed by atoms with E-state index in [-0.39, 0.29) is 16.5 Å². The van der Waals surface area contributed by atoms with Crippen molar-refractivity contribution in [2.24, 2.45) is 0 Å². The second kappa shape index (κ2) is 11.2. The summed E-state index contributed by atoms with van der Waals surface area (Å²) in [6.07, 6.45) is 2.99. The molecule has 2 aliphatic rings. The number of ether oxygens (including phenoxy) is 2. The zero-order valence-electron chi connectivity index (χ0n) is 20.8. The van der Waals surface area contributed by atoms with E-state index in [9.17, 15) is 16.8 Å². The standard InChI is InChI=1S/C25H35N3O6S2/c1-20-6-3-9-24(16-20)36(31,32)28-13-10-25(11-14-28)18-21(19-34-25)27-12-5-15-33-22-7-4-8-23(17-22)35(29,30)26-2/h3-4,6-9,16-17,21,26-27H,5,10-15,18-19H2,1-2H3/t21-/m1/s1. The first-order chi connectivity index (χ1) is 17.1. The Morgan fingerprint density at radius 3 is 2.50 bits per heavy atom. The van der Waals surface area contributed by atoms with Crippen LogP contribution in [0.4, 0.5) is 0 Å². The first kappa shape index (κ1) is 27.0. The first-order valence-corrected chi connectivity index (χ1v) is 15.2. The highest BCUT2D eigenvalue weighted by Crippen LogP contribution is 2.37. The average Bonchev–Trinajstić information content (AvgIpc) is 3.26. The Morgan fingerprint density at radius 1 is 1.06 bits per heavy atom. The molecule has 2 aliphatic heterocycles. The topological polar surface area (TPSA) is 114 Å². The van der Waals surface area contributed by atoms with Crippen LogP contribution in [0.5, 0.6) is 5.75 Å². The lowest BCUT2D eigenvalue weighted by molar-refractivity contribution is -0.0311. The van der Waals surface area contributed by atoms with E-state index in [2.05, 4.69) is 10.0 Å². The summed E-state index contributed by atoms with van der Waals surface area (Å²) < 4.78 is 65.7. The van der Waals surface area contributed by atoms with Crippen molar-refractivity contribution < 1.29 is 26.3 Å². The average molecular weight is 538 g/mol. The van der Waals surface area contributed by atoms with Crippen LogP contribution in [-0.4, -0.2) is 72.7 Å². The van der Waals surface area contributed by atoms with Crippen molar-refractivity contribution in [1.29, 1.82) is 0 Å². The molecule has 1 spiro atoms. The largest absolute Gasteiger partial charge is 0.494 e. The molecule has 0 bridgehead atoms. The van der Waals surface area contributed by atoms with Gasteiger partial charge in [-0.2, -0.15) is 4.31 Å². The lowest BCUT2D eigenvalue weighted by Crippen LogP contribution is -2.46. The summed E-state index contributed by atoms with van der Waals surface area (Å²) in [5.41, 5.74) is 0.657. The monoisotopic (exact) mass is 537 g/mol. The minimum atomic E-state index is -3.50. The third kappa shape index (κ3) is 6.27. The van der Waals surface area contributed by atoms with Gasteiger partial charge in [0.05, 0.1) is 28.6 Å². The molecular weight excluding hydrogens is 502 g/mol. The van der Waals surface area contributed by atoms with Crippen LogP contribution in [-0.2, 0) is 24.8 Å². The van der Waals surface area contributed by atoms with Gasteiger partial charge in [0.25, 0.3) is 0 Å². The number of nitrogens with zero attached hydrogens (tertiary/aromatic N) is 1. The molecule has 0 saturated carbocycles. The minimum absolute atomic E-state index is 0.173. The van der Waals surface area contributed by atoms with Gasteiger partial charge >= 0.3 is 0 Å². The molecule has 2 fully saturated rings. The highest BCUT2D eigenvalue weighted by atomic mass is 32.2. The van der Waals surface area contributed by atoms with E-state index < -0.39 is 20.0 Å². The summed E-state index contributed by atoms with van der Waals surface area (Å²) in [5, 5.41) is 3.52.